The van der Waals surface area contributed by atoms with Gasteiger partial charge in [0.05, 0.1) is 47.6 Å². The lowest BCUT2D eigenvalue weighted by Gasteiger charge is -2.18. The van der Waals surface area contributed by atoms with Gasteiger partial charge in [0.2, 0.25) is 23.5 Å². The number of benzene rings is 3. The minimum Gasteiger partial charge on any atom is -0.465 e. The number of halogens is 3. The van der Waals surface area contributed by atoms with Crippen LogP contribution in [0.5, 0.6) is 34.9 Å². The number of anilines is 1. The number of fused-ring (bicyclic) bond motifs is 4. The van der Waals surface area contributed by atoms with Crippen molar-refractivity contribution in [3.8, 4) is 64.2 Å². The van der Waals surface area contributed by atoms with Crippen molar-refractivity contribution in [3.05, 3.63) is 388 Å². The second kappa shape index (κ2) is 51.4. The van der Waals surface area contributed by atoms with Crippen LogP contribution in [-0.2, 0) is 85.1 Å². The molecule has 1 saturated carbocycles. The Balaban J connectivity index is 0.000000137. The van der Waals surface area contributed by atoms with Crippen molar-refractivity contribution >= 4 is 52.2 Å². The van der Waals surface area contributed by atoms with Crippen molar-refractivity contribution in [1.29, 1.82) is 5.26 Å². The Morgan fingerprint density at radius 1 is 0.486 bits per heavy atom. The number of pyridine rings is 9. The molecular weight excluding hydrogens is 1860 g/mol. The van der Waals surface area contributed by atoms with Gasteiger partial charge < -0.3 is 36.1 Å². The lowest BCUT2D eigenvalue weighted by molar-refractivity contribution is -0.152. The first-order valence-electron chi connectivity index (χ1n) is 48.1. The molecule has 7 N–H and O–H groups in total. The van der Waals surface area contributed by atoms with Gasteiger partial charge >= 0.3 is 5.97 Å². The molecule has 0 spiro atoms. The molecule has 1 fully saturated rings. The minimum atomic E-state index is -0.460. The number of nitrogens with two attached hydrogens (primary N) is 3. The highest BCUT2D eigenvalue weighted by molar-refractivity contribution is 6.29. The summed E-state index contributed by atoms with van der Waals surface area (Å²) in [5.41, 5.74) is 36.8. The second-order valence-corrected chi connectivity index (χ2v) is 35.6. The van der Waals surface area contributed by atoms with Crippen LogP contribution in [0.1, 0.15) is 202 Å². The minimum absolute atomic E-state index is 0.0553. The summed E-state index contributed by atoms with van der Waals surface area (Å²) < 4.78 is 42.9. The Labute approximate surface area is 845 Å². The molecule has 30 nitrogen and oxygen atoms in total. The second-order valence-electron chi connectivity index (χ2n) is 34.8. The molecule has 0 radical (unpaired) electrons. The number of carbonyl (C=O) groups is 3. The lowest BCUT2D eigenvalue weighted by Crippen LogP contribution is -2.28. The molecule has 3 aromatic carbocycles. The Morgan fingerprint density at radius 2 is 0.924 bits per heavy atom. The van der Waals surface area contributed by atoms with Gasteiger partial charge in [-0.2, -0.15) is 34.6 Å². The lowest BCUT2D eigenvalue weighted by atomic mass is 9.88. The molecule has 33 heteroatoms. The number of rotatable bonds is 18. The number of esters is 1. The zero-order valence-corrected chi connectivity index (χ0v) is 82.8. The summed E-state index contributed by atoms with van der Waals surface area (Å²) in [7, 11) is 0. The van der Waals surface area contributed by atoms with Gasteiger partial charge in [-0.1, -0.05) is 108 Å². The van der Waals surface area contributed by atoms with Gasteiger partial charge in [0.1, 0.15) is 45.1 Å². The molecule has 5 aliphatic rings. The number of nitriles is 1. The van der Waals surface area contributed by atoms with Gasteiger partial charge in [-0.25, -0.2) is 43.8 Å². The molecule has 0 bridgehead atoms. The van der Waals surface area contributed by atoms with Crippen molar-refractivity contribution in [3.63, 3.8) is 0 Å². The number of nitrogens with one attached hydrogen (secondary N) is 1. The Bertz CT molecular complexity index is 7290. The van der Waals surface area contributed by atoms with Crippen LogP contribution in [0.15, 0.2) is 242 Å². The number of hydrogen-bond acceptors (Lipinski definition) is 23. The van der Waals surface area contributed by atoms with E-state index in [4.69, 9.17) is 86.5 Å². The number of nitrogen functional groups attached to an aromatic ring is 1. The third-order valence-electron chi connectivity index (χ3n) is 23.8. The number of aromatic amines is 1. The fourth-order valence-corrected chi connectivity index (χ4v) is 17.2. The molecule has 1 atom stereocenters. The standard InChI is InChI=1S/C26H25N5O2.C26H23N5O.C18H17ClN4O.C13H15N3O.C9H14O3.C7H10N2.C7H6N2.C5H3ClFN/c1-17-6-4-11-24(29-17)31-26(22-9-2-3-10-23(22)30-31)33-21-12-13-28-20(16-21)15-18-7-5-8-19(14-18)25(27)32;1-18-7-5-12-25(29-18)31-26(23-10-3-4-11-24(23)30-31)32-22-13-14-28-21(17-22)16-19-8-6-9-20(15-19)27-2;1-12-5-4-8-17(21-12)23-18(14-6-2-3-7-15(14)22-23)24-13-9-10-20-16(19)11-13;1-9-5-4-8-12(14-9)16-13(17)10-6-2-3-7-11(10)15-16;1-2-12-9(11)7-5-3-4-6-8(7)10;1-6-3-2-4-7(5-8)9-6;8-5-6-2-1-3-7(9)4-6;6-5-3-4(7)1-2-8-5/h4-8,11-14,16H,2-3,9-10,15H2,1H3,(H2,27,32);5-9,12-15,17H,3-4,10-11,16H2,1H3;4-5,8-11H,2-3,6-7H2,1H3;4-5,8,15H,2-3,6-7H2,1H3;7H,2-6H2,1H3;2-4H,5,8H2,1H3;1-4H,9H2;1-3H. The predicted molar refractivity (Wildman–Crippen MR) is 550 cm³/mol. The molecule has 1 amide bonds. The molecule has 144 heavy (non-hydrogen) atoms. The van der Waals surface area contributed by atoms with Crippen molar-refractivity contribution < 1.29 is 37.7 Å². The van der Waals surface area contributed by atoms with Crippen LogP contribution >= 0.6 is 23.2 Å². The van der Waals surface area contributed by atoms with Gasteiger partial charge in [0.25, 0.3) is 5.56 Å². The van der Waals surface area contributed by atoms with Crippen LogP contribution in [0.3, 0.4) is 0 Å². The summed E-state index contributed by atoms with van der Waals surface area (Å²) in [5.74, 6) is 5.67. The van der Waals surface area contributed by atoms with E-state index < -0.39 is 11.8 Å². The van der Waals surface area contributed by atoms with E-state index in [1.165, 1.54) is 17.8 Å². The zero-order valence-electron chi connectivity index (χ0n) is 81.2. The SMILES string of the molecule is CCOC(=O)C1CCCCC1=O.Cc1cccc(-n2[nH]c3c(c2=O)CCCC3)n1.Cc1cccc(-n2nc3c(c2Oc2ccnc(Cc4cccc(C(N)=O)c4)c2)CCCC3)n1.Cc1cccc(-n2nc3c(c2Oc2ccnc(Cl)c2)CCCC3)n1.Cc1cccc(CN)n1.Fc1ccnc(Cl)c1.N#Cc1cccc(N)c1.[C-]#[N+]c1cccc(Cc2cc(Oc3c4c(nn3-c3cccc(C)n3)CCCC4)ccn2)c1. The summed E-state index contributed by atoms with van der Waals surface area (Å²) in [6.07, 6.45) is 27.5. The topological polar surface area (TPSA) is 402 Å². The highest BCUT2D eigenvalue weighted by Gasteiger charge is 2.32. The number of amides is 1. The van der Waals surface area contributed by atoms with E-state index in [0.29, 0.717) is 83.8 Å². The Morgan fingerprint density at radius 3 is 1.36 bits per heavy atom. The van der Waals surface area contributed by atoms with Gasteiger partial charge in [-0.15, -0.1) is 0 Å². The van der Waals surface area contributed by atoms with Crippen molar-refractivity contribution in [2.24, 2.45) is 17.4 Å². The number of hydrogen-bond donors (Lipinski definition) is 4. The molecule has 13 aromatic heterocycles. The van der Waals surface area contributed by atoms with Gasteiger partial charge in [0.15, 0.2) is 29.0 Å². The molecule has 736 valence electrons. The van der Waals surface area contributed by atoms with Crippen LogP contribution < -0.4 is 37.0 Å². The number of aromatic nitrogens is 17. The summed E-state index contributed by atoms with van der Waals surface area (Å²) in [5, 5.41) is 26.6. The van der Waals surface area contributed by atoms with E-state index in [9.17, 15) is 23.6 Å². The molecule has 0 aliphatic heterocycles. The maximum Gasteiger partial charge on any atom is 0.316 e. The Hall–Kier alpha value is -16.1. The van der Waals surface area contributed by atoms with Crippen LogP contribution in [-0.4, -0.2) is 108 Å². The maximum atomic E-state index is 12.2. The van der Waals surface area contributed by atoms with E-state index in [1.54, 1.807) is 83.4 Å². The number of nitrogens with zero attached hydrogens (tertiary/aromatic N) is 18. The van der Waals surface area contributed by atoms with Crippen molar-refractivity contribution in [2.45, 2.75) is 189 Å². The first-order valence-corrected chi connectivity index (χ1v) is 48.8. The fourth-order valence-electron chi connectivity index (χ4n) is 16.9. The van der Waals surface area contributed by atoms with Crippen LogP contribution in [0.2, 0.25) is 10.3 Å². The molecule has 13 heterocycles. The summed E-state index contributed by atoms with van der Waals surface area (Å²) in [6, 6.07) is 66.5. The van der Waals surface area contributed by atoms with Gasteiger partial charge in [0, 0.05) is 154 Å². The Kier molecular flexibility index (Phi) is 37.0. The predicted octanol–water partition coefficient (Wildman–Crippen LogP) is 21.3. The number of ketones is 1. The quantitative estimate of drug-likeness (QED) is 0.0204. The molecule has 0 saturated heterocycles. The molecular formula is C111H113Cl2FN22O8. The molecule has 1 unspecified atom stereocenters. The van der Waals surface area contributed by atoms with E-state index in [1.807, 2.05) is 202 Å². The number of Topliss-reactive ketones (excluding diaryl/α,β-unsaturated/α-hetero) is 1. The normalized spacial score (nSPS) is 13.4. The van der Waals surface area contributed by atoms with Crippen LogP contribution in [0.4, 0.5) is 15.8 Å². The first kappa shape index (κ1) is 104. The van der Waals surface area contributed by atoms with Gasteiger partial charge in [-0.05, 0) is 278 Å². The van der Waals surface area contributed by atoms with E-state index >= 15 is 0 Å². The maximum absolute atomic E-state index is 12.2. The van der Waals surface area contributed by atoms with Gasteiger partial charge in [-0.3, -0.25) is 39.2 Å². The average Bonchev–Trinajstić information content (AvgIpc) is 1.64. The third kappa shape index (κ3) is 29.1. The van der Waals surface area contributed by atoms with E-state index in [-0.39, 0.29) is 28.3 Å². The largest absolute Gasteiger partial charge is 0.465 e. The number of aryl methyl sites for hydroxylation is 9. The average molecular weight is 1970 g/mol. The third-order valence-corrected chi connectivity index (χ3v) is 24.2. The molecule has 16 aromatic rings. The number of carbonyl (C=O) groups excluding carboxylic acids is 3. The van der Waals surface area contributed by atoms with Crippen LogP contribution in [0.25, 0.3) is 28.1 Å². The number of ether oxygens (including phenoxy) is 4. The smallest absolute Gasteiger partial charge is 0.316 e. The van der Waals surface area contributed by atoms with E-state index in [0.717, 1.165) is 259 Å². The first-order chi connectivity index (χ1) is 69.9. The summed E-state index contributed by atoms with van der Waals surface area (Å²) >= 11 is 11.3. The highest BCUT2D eigenvalue weighted by Crippen LogP contribution is 2.39. The molecule has 21 rings (SSSR count). The van der Waals surface area contributed by atoms with Crippen molar-refractivity contribution in [2.75, 3.05) is 12.3 Å². The van der Waals surface area contributed by atoms with Crippen molar-refractivity contribution in [1.82, 2.24) is 84.0 Å². The van der Waals surface area contributed by atoms with Crippen LogP contribution in [0, 0.1) is 64.3 Å². The highest BCUT2D eigenvalue weighted by atomic mass is 35.5. The summed E-state index contributed by atoms with van der Waals surface area (Å²) in [6.45, 7) is 19.7. The monoisotopic (exact) mass is 1970 g/mol. The summed E-state index contributed by atoms with van der Waals surface area (Å²) in [4.78, 5) is 88.6. The fraction of sp³-hybridized carbons (Fsp3) is 0.279. The number of primary amides is 1. The molecule has 5 aliphatic carbocycles. The number of H-pyrrole nitrogens is 1. The van der Waals surface area contributed by atoms with E-state index in [2.05, 4.69) is 54.8 Å². The zero-order chi connectivity index (χ0) is 101.